The highest BCUT2D eigenvalue weighted by atomic mass is 16.5. The molecule has 0 saturated carbocycles. The van der Waals surface area contributed by atoms with Gasteiger partial charge in [0.15, 0.2) is 0 Å². The van der Waals surface area contributed by atoms with Crippen molar-refractivity contribution in [3.63, 3.8) is 0 Å². The van der Waals surface area contributed by atoms with Gasteiger partial charge in [-0.3, -0.25) is 4.79 Å². The maximum atomic E-state index is 12.5. The van der Waals surface area contributed by atoms with E-state index in [9.17, 15) is 9.90 Å². The standard InChI is InChI=1S/C22H29NO3/c1-6-10-23(7-2)21(25)14-18-11-16(4)22(17(5)12-18)26-19-8-9-20(24)15(3)13-19/h8-9,11-13,24H,6-7,10,14H2,1-5H3. The molecule has 1 N–H and O–H groups in total. The molecule has 2 aromatic rings. The Morgan fingerprint density at radius 1 is 1.04 bits per heavy atom. The van der Waals surface area contributed by atoms with E-state index in [1.165, 1.54) is 0 Å². The van der Waals surface area contributed by atoms with Crippen LogP contribution in [0.1, 0.15) is 42.5 Å². The van der Waals surface area contributed by atoms with Crippen LogP contribution in [0, 0.1) is 20.8 Å². The number of aryl methyl sites for hydroxylation is 3. The smallest absolute Gasteiger partial charge is 0.226 e. The highest BCUT2D eigenvalue weighted by Crippen LogP contribution is 2.32. The zero-order chi connectivity index (χ0) is 19.3. The summed E-state index contributed by atoms with van der Waals surface area (Å²) < 4.78 is 6.04. The van der Waals surface area contributed by atoms with Crippen molar-refractivity contribution in [2.24, 2.45) is 0 Å². The van der Waals surface area contributed by atoms with Gasteiger partial charge in [-0.1, -0.05) is 19.1 Å². The molecule has 4 nitrogen and oxygen atoms in total. The molecule has 0 radical (unpaired) electrons. The molecule has 2 rings (SSSR count). The van der Waals surface area contributed by atoms with Crippen molar-refractivity contribution >= 4 is 5.91 Å². The van der Waals surface area contributed by atoms with Gasteiger partial charge in [0.05, 0.1) is 6.42 Å². The number of phenolic OH excluding ortho intramolecular Hbond substituents is 1. The fraction of sp³-hybridized carbons (Fsp3) is 0.409. The lowest BCUT2D eigenvalue weighted by Gasteiger charge is -2.21. The lowest BCUT2D eigenvalue weighted by atomic mass is 10.0. The third-order valence-electron chi connectivity index (χ3n) is 4.49. The van der Waals surface area contributed by atoms with Crippen LogP contribution in [0.4, 0.5) is 0 Å². The number of hydrogen-bond acceptors (Lipinski definition) is 3. The van der Waals surface area contributed by atoms with Gasteiger partial charge in [-0.2, -0.15) is 0 Å². The van der Waals surface area contributed by atoms with E-state index >= 15 is 0 Å². The first-order valence-electron chi connectivity index (χ1n) is 9.21. The molecule has 0 aliphatic heterocycles. The molecule has 26 heavy (non-hydrogen) atoms. The van der Waals surface area contributed by atoms with Gasteiger partial charge in [-0.05, 0) is 74.6 Å². The largest absolute Gasteiger partial charge is 0.508 e. The summed E-state index contributed by atoms with van der Waals surface area (Å²) in [6, 6.07) is 9.24. The normalized spacial score (nSPS) is 10.7. The van der Waals surface area contributed by atoms with Crippen molar-refractivity contribution in [3.05, 3.63) is 52.6 Å². The van der Waals surface area contributed by atoms with Crippen molar-refractivity contribution in [1.29, 1.82) is 0 Å². The second-order valence-electron chi connectivity index (χ2n) is 6.76. The Balaban J connectivity index is 2.19. The van der Waals surface area contributed by atoms with Gasteiger partial charge in [0.1, 0.15) is 17.2 Å². The first-order chi connectivity index (χ1) is 12.3. The fourth-order valence-electron chi connectivity index (χ4n) is 3.13. The number of benzene rings is 2. The van der Waals surface area contributed by atoms with E-state index in [0.29, 0.717) is 12.2 Å². The number of phenols is 1. The highest BCUT2D eigenvalue weighted by Gasteiger charge is 2.14. The molecule has 140 valence electrons. The molecule has 0 aliphatic rings. The van der Waals surface area contributed by atoms with Crippen molar-refractivity contribution < 1.29 is 14.6 Å². The summed E-state index contributed by atoms with van der Waals surface area (Å²) in [7, 11) is 0. The number of carbonyl (C=O) groups excluding carboxylic acids is 1. The first-order valence-corrected chi connectivity index (χ1v) is 9.21. The number of hydrogen-bond donors (Lipinski definition) is 1. The number of carbonyl (C=O) groups is 1. The average molecular weight is 355 g/mol. The number of aromatic hydroxyl groups is 1. The van der Waals surface area contributed by atoms with Gasteiger partial charge in [-0.25, -0.2) is 0 Å². The van der Waals surface area contributed by atoms with Gasteiger partial charge < -0.3 is 14.7 Å². The molecule has 0 heterocycles. The summed E-state index contributed by atoms with van der Waals surface area (Å²) in [5.74, 6) is 1.91. The molecular weight excluding hydrogens is 326 g/mol. The average Bonchev–Trinajstić information content (AvgIpc) is 2.59. The van der Waals surface area contributed by atoms with E-state index in [2.05, 4.69) is 6.92 Å². The minimum Gasteiger partial charge on any atom is -0.508 e. The van der Waals surface area contributed by atoms with Crippen LogP contribution >= 0.6 is 0 Å². The second-order valence-corrected chi connectivity index (χ2v) is 6.76. The molecule has 0 unspecified atom stereocenters. The van der Waals surface area contributed by atoms with E-state index in [1.54, 1.807) is 12.1 Å². The van der Waals surface area contributed by atoms with E-state index in [-0.39, 0.29) is 11.7 Å². The molecule has 0 aromatic heterocycles. The number of amides is 1. The van der Waals surface area contributed by atoms with Crippen molar-refractivity contribution in [3.8, 4) is 17.2 Å². The van der Waals surface area contributed by atoms with Crippen molar-refractivity contribution in [2.45, 2.75) is 47.5 Å². The number of likely N-dealkylation sites (N-methyl/N-ethyl adjacent to an activating group) is 1. The predicted octanol–water partition coefficient (Wildman–Crippen LogP) is 4.91. The molecule has 0 fully saturated rings. The summed E-state index contributed by atoms with van der Waals surface area (Å²) in [6.45, 7) is 11.5. The summed E-state index contributed by atoms with van der Waals surface area (Å²) in [4.78, 5) is 14.4. The maximum absolute atomic E-state index is 12.5. The molecule has 1 amide bonds. The van der Waals surface area contributed by atoms with Crippen LogP contribution in [0.25, 0.3) is 0 Å². The Hall–Kier alpha value is -2.49. The first kappa shape index (κ1) is 19.8. The Labute approximate surface area is 156 Å². The molecular formula is C22H29NO3. The lowest BCUT2D eigenvalue weighted by Crippen LogP contribution is -2.32. The molecule has 4 heteroatoms. The molecule has 0 bridgehead atoms. The van der Waals surface area contributed by atoms with Gasteiger partial charge in [0.2, 0.25) is 5.91 Å². The van der Waals surface area contributed by atoms with Crippen LogP contribution < -0.4 is 4.74 Å². The molecule has 2 aromatic carbocycles. The van der Waals surface area contributed by atoms with Crippen LogP contribution in [0.3, 0.4) is 0 Å². The SMILES string of the molecule is CCCN(CC)C(=O)Cc1cc(C)c(Oc2ccc(O)c(C)c2)c(C)c1. The molecule has 0 aliphatic carbocycles. The monoisotopic (exact) mass is 355 g/mol. The Morgan fingerprint density at radius 2 is 1.69 bits per heavy atom. The van der Waals surface area contributed by atoms with E-state index in [1.807, 2.05) is 50.8 Å². The third kappa shape index (κ3) is 4.78. The van der Waals surface area contributed by atoms with E-state index in [0.717, 1.165) is 47.5 Å². The zero-order valence-electron chi connectivity index (χ0n) is 16.4. The summed E-state index contributed by atoms with van der Waals surface area (Å²) in [5.41, 5.74) is 3.78. The summed E-state index contributed by atoms with van der Waals surface area (Å²) in [6.07, 6.45) is 1.38. The van der Waals surface area contributed by atoms with Crippen molar-refractivity contribution in [1.82, 2.24) is 4.90 Å². The minimum atomic E-state index is 0.163. The van der Waals surface area contributed by atoms with Crippen molar-refractivity contribution in [2.75, 3.05) is 13.1 Å². The van der Waals surface area contributed by atoms with E-state index in [4.69, 9.17) is 4.74 Å². The van der Waals surface area contributed by atoms with E-state index < -0.39 is 0 Å². The number of nitrogens with zero attached hydrogens (tertiary/aromatic N) is 1. The Morgan fingerprint density at radius 3 is 2.23 bits per heavy atom. The molecule has 0 saturated heterocycles. The van der Waals surface area contributed by atoms with Gasteiger partial charge in [0, 0.05) is 13.1 Å². The Kier molecular flexibility index (Phi) is 6.67. The quantitative estimate of drug-likeness (QED) is 0.767. The van der Waals surface area contributed by atoms with Gasteiger partial charge in [-0.15, -0.1) is 0 Å². The zero-order valence-corrected chi connectivity index (χ0v) is 16.4. The minimum absolute atomic E-state index is 0.163. The summed E-state index contributed by atoms with van der Waals surface area (Å²) >= 11 is 0. The Bertz CT molecular complexity index is 760. The van der Waals surface area contributed by atoms with Crippen LogP contribution in [-0.2, 0) is 11.2 Å². The third-order valence-corrected chi connectivity index (χ3v) is 4.49. The molecule has 0 atom stereocenters. The molecule has 0 spiro atoms. The lowest BCUT2D eigenvalue weighted by molar-refractivity contribution is -0.130. The number of ether oxygens (including phenoxy) is 1. The maximum Gasteiger partial charge on any atom is 0.226 e. The van der Waals surface area contributed by atoms with Crippen LogP contribution in [0.2, 0.25) is 0 Å². The van der Waals surface area contributed by atoms with Crippen LogP contribution in [0.15, 0.2) is 30.3 Å². The second kappa shape index (κ2) is 8.75. The topological polar surface area (TPSA) is 49.8 Å². The van der Waals surface area contributed by atoms with Gasteiger partial charge >= 0.3 is 0 Å². The number of rotatable bonds is 7. The highest BCUT2D eigenvalue weighted by molar-refractivity contribution is 5.79. The predicted molar refractivity (Wildman–Crippen MR) is 105 cm³/mol. The van der Waals surface area contributed by atoms with Crippen LogP contribution in [0.5, 0.6) is 17.2 Å². The van der Waals surface area contributed by atoms with Gasteiger partial charge in [0.25, 0.3) is 0 Å². The fourth-order valence-corrected chi connectivity index (χ4v) is 3.13. The summed E-state index contributed by atoms with van der Waals surface area (Å²) in [5, 5.41) is 9.65. The van der Waals surface area contributed by atoms with Crippen LogP contribution in [-0.4, -0.2) is 29.0 Å².